The molecule has 0 radical (unpaired) electrons. The fraction of sp³-hybridized carbons (Fsp3) is 0.235. The summed E-state index contributed by atoms with van der Waals surface area (Å²) in [6, 6.07) is 18.8. The van der Waals surface area contributed by atoms with E-state index in [2.05, 4.69) is 55.6 Å². The smallest absolute Gasteiger partial charge is 0.161 e. The number of anilines is 1. The van der Waals surface area contributed by atoms with E-state index in [0.717, 1.165) is 10.9 Å². The molecule has 0 saturated carbocycles. The molecule has 0 aromatic heterocycles. The van der Waals surface area contributed by atoms with Crippen LogP contribution in [0.1, 0.15) is 24.1 Å². The molecule has 3 heteroatoms. The Labute approximate surface area is 125 Å². The highest BCUT2D eigenvalue weighted by Gasteiger charge is 2.05. The molecule has 0 aliphatic carbocycles. The molecule has 104 valence electrons. The first-order valence-electron chi connectivity index (χ1n) is 6.69. The molecular formula is C17H20N2S. The van der Waals surface area contributed by atoms with Crippen molar-refractivity contribution in [2.24, 2.45) is 4.99 Å². The molecule has 2 nitrogen and oxygen atoms in total. The molecule has 0 aliphatic heterocycles. The molecule has 0 amide bonds. The minimum absolute atomic E-state index is 0.149. The first-order chi connectivity index (χ1) is 9.69. The second-order valence-corrected chi connectivity index (χ2v) is 5.51. The van der Waals surface area contributed by atoms with Crippen molar-refractivity contribution in [3.05, 3.63) is 65.7 Å². The van der Waals surface area contributed by atoms with Crippen LogP contribution >= 0.6 is 11.8 Å². The van der Waals surface area contributed by atoms with Crippen LogP contribution in [0.5, 0.6) is 0 Å². The number of hydrogen-bond acceptors (Lipinski definition) is 2. The third kappa shape index (κ3) is 4.14. The van der Waals surface area contributed by atoms with Gasteiger partial charge in [-0.2, -0.15) is 0 Å². The maximum absolute atomic E-state index is 4.76. The maximum Gasteiger partial charge on any atom is 0.161 e. The molecule has 0 unspecified atom stereocenters. The van der Waals surface area contributed by atoms with Crippen LogP contribution in [0, 0.1) is 6.92 Å². The normalized spacial score (nSPS) is 13.1. The van der Waals surface area contributed by atoms with Crippen LogP contribution < -0.4 is 5.32 Å². The largest absolute Gasteiger partial charge is 0.335 e. The van der Waals surface area contributed by atoms with Gasteiger partial charge in [-0.1, -0.05) is 54.2 Å². The van der Waals surface area contributed by atoms with Gasteiger partial charge in [-0.3, -0.25) is 4.99 Å². The van der Waals surface area contributed by atoms with E-state index in [9.17, 15) is 0 Å². The number of nitrogens with one attached hydrogen (secondary N) is 1. The fourth-order valence-corrected chi connectivity index (χ4v) is 2.45. The summed E-state index contributed by atoms with van der Waals surface area (Å²) in [5.74, 6) is 0. The second-order valence-electron chi connectivity index (χ2n) is 4.72. The van der Waals surface area contributed by atoms with Crippen LogP contribution in [0.4, 0.5) is 5.69 Å². The zero-order valence-electron chi connectivity index (χ0n) is 12.1. The van der Waals surface area contributed by atoms with E-state index in [-0.39, 0.29) is 6.04 Å². The molecular weight excluding hydrogens is 264 g/mol. The average molecular weight is 284 g/mol. The lowest BCUT2D eigenvalue weighted by molar-refractivity contribution is 0.823. The lowest BCUT2D eigenvalue weighted by Gasteiger charge is -2.12. The molecule has 2 aromatic rings. The van der Waals surface area contributed by atoms with Crippen molar-refractivity contribution < 1.29 is 0 Å². The highest BCUT2D eigenvalue weighted by Crippen LogP contribution is 2.19. The summed E-state index contributed by atoms with van der Waals surface area (Å²) in [4.78, 5) is 4.76. The Balaban J connectivity index is 2.13. The van der Waals surface area contributed by atoms with E-state index in [0.29, 0.717) is 0 Å². The van der Waals surface area contributed by atoms with Crippen LogP contribution in [0.2, 0.25) is 0 Å². The number of aliphatic imine (C=N–C) groups is 1. The van der Waals surface area contributed by atoms with Crippen molar-refractivity contribution in [2.75, 3.05) is 11.6 Å². The van der Waals surface area contributed by atoms with Crippen molar-refractivity contribution in [3.8, 4) is 0 Å². The maximum atomic E-state index is 4.76. The fourth-order valence-electron chi connectivity index (χ4n) is 1.96. The van der Waals surface area contributed by atoms with Crippen LogP contribution in [-0.2, 0) is 0 Å². The number of benzene rings is 2. The Bertz CT molecular complexity index is 579. The molecule has 1 N–H and O–H groups in total. The molecule has 1 atom stereocenters. The van der Waals surface area contributed by atoms with Crippen LogP contribution in [0.15, 0.2) is 59.6 Å². The molecule has 0 saturated heterocycles. The number of nitrogens with zero attached hydrogens (tertiary/aromatic N) is 1. The summed E-state index contributed by atoms with van der Waals surface area (Å²) in [5.41, 5.74) is 3.55. The summed E-state index contributed by atoms with van der Waals surface area (Å²) in [5, 5.41) is 4.32. The third-order valence-electron chi connectivity index (χ3n) is 3.06. The first kappa shape index (κ1) is 14.7. The highest BCUT2D eigenvalue weighted by molar-refractivity contribution is 8.13. The number of aryl methyl sites for hydroxylation is 1. The highest BCUT2D eigenvalue weighted by atomic mass is 32.2. The van der Waals surface area contributed by atoms with E-state index >= 15 is 0 Å². The third-order valence-corrected chi connectivity index (χ3v) is 3.65. The summed E-state index contributed by atoms with van der Waals surface area (Å²) >= 11 is 1.63. The van der Waals surface area contributed by atoms with E-state index in [4.69, 9.17) is 4.99 Å². The van der Waals surface area contributed by atoms with Gasteiger partial charge in [-0.05, 0) is 43.4 Å². The Kier molecular flexibility index (Phi) is 5.24. The Hall–Kier alpha value is -1.74. The van der Waals surface area contributed by atoms with Gasteiger partial charge in [0.1, 0.15) is 0 Å². The lowest BCUT2D eigenvalue weighted by atomic mass is 10.1. The topological polar surface area (TPSA) is 24.4 Å². The van der Waals surface area contributed by atoms with Gasteiger partial charge in [0.25, 0.3) is 0 Å². The van der Waals surface area contributed by atoms with Crippen LogP contribution in [0.25, 0.3) is 0 Å². The zero-order chi connectivity index (χ0) is 14.4. The first-order valence-corrected chi connectivity index (χ1v) is 7.92. The van der Waals surface area contributed by atoms with Crippen molar-refractivity contribution in [3.63, 3.8) is 0 Å². The minimum atomic E-state index is 0.149. The molecule has 0 fully saturated rings. The van der Waals surface area contributed by atoms with Gasteiger partial charge in [0, 0.05) is 5.69 Å². The van der Waals surface area contributed by atoms with Gasteiger partial charge in [0.15, 0.2) is 5.17 Å². The zero-order valence-corrected chi connectivity index (χ0v) is 12.9. The quantitative estimate of drug-likeness (QED) is 0.641. The van der Waals surface area contributed by atoms with Crippen molar-refractivity contribution in [1.29, 1.82) is 0 Å². The second kappa shape index (κ2) is 7.15. The number of thioether (sulfide) groups is 1. The van der Waals surface area contributed by atoms with E-state index in [1.165, 1.54) is 11.1 Å². The van der Waals surface area contributed by atoms with Crippen LogP contribution in [0.3, 0.4) is 0 Å². The van der Waals surface area contributed by atoms with E-state index < -0.39 is 0 Å². The van der Waals surface area contributed by atoms with E-state index in [1.807, 2.05) is 24.5 Å². The van der Waals surface area contributed by atoms with Gasteiger partial charge in [-0.25, -0.2) is 0 Å². The van der Waals surface area contributed by atoms with Crippen LogP contribution in [-0.4, -0.2) is 11.4 Å². The molecule has 20 heavy (non-hydrogen) atoms. The molecule has 0 aliphatic rings. The standard InChI is InChI=1S/C17H20N2S/c1-13-8-7-11-16(12-13)19-17(20-3)18-14(2)15-9-5-4-6-10-15/h4-12,14H,1-3H3,(H,18,19)/t14-/m0/s1. The minimum Gasteiger partial charge on any atom is -0.335 e. The van der Waals surface area contributed by atoms with Gasteiger partial charge in [0.05, 0.1) is 6.04 Å². The van der Waals surface area contributed by atoms with Gasteiger partial charge < -0.3 is 5.32 Å². The van der Waals surface area contributed by atoms with Gasteiger partial charge >= 0.3 is 0 Å². The Morgan fingerprint density at radius 1 is 1.10 bits per heavy atom. The summed E-state index contributed by atoms with van der Waals surface area (Å²) in [6.07, 6.45) is 2.04. The summed E-state index contributed by atoms with van der Waals surface area (Å²) in [6.45, 7) is 4.21. The Morgan fingerprint density at radius 3 is 2.50 bits per heavy atom. The van der Waals surface area contributed by atoms with Crippen molar-refractivity contribution in [1.82, 2.24) is 0 Å². The summed E-state index contributed by atoms with van der Waals surface area (Å²) in [7, 11) is 0. The molecule has 0 heterocycles. The summed E-state index contributed by atoms with van der Waals surface area (Å²) < 4.78 is 0. The predicted molar refractivity (Wildman–Crippen MR) is 90.6 cm³/mol. The SMILES string of the molecule is CSC(=N[C@@H](C)c1ccccc1)Nc1cccc(C)c1. The number of rotatable bonds is 3. The molecule has 2 aromatic carbocycles. The Morgan fingerprint density at radius 2 is 1.85 bits per heavy atom. The van der Waals surface area contributed by atoms with Crippen molar-refractivity contribution in [2.45, 2.75) is 19.9 Å². The molecule has 0 spiro atoms. The molecule has 0 bridgehead atoms. The number of amidine groups is 1. The average Bonchev–Trinajstić information content (AvgIpc) is 2.47. The van der Waals surface area contributed by atoms with Gasteiger partial charge in [0.2, 0.25) is 0 Å². The van der Waals surface area contributed by atoms with Crippen molar-refractivity contribution >= 4 is 22.6 Å². The number of hydrogen-bond donors (Lipinski definition) is 1. The lowest BCUT2D eigenvalue weighted by Crippen LogP contribution is -2.09. The predicted octanol–water partition coefficient (Wildman–Crippen LogP) is 4.89. The van der Waals surface area contributed by atoms with E-state index in [1.54, 1.807) is 11.8 Å². The van der Waals surface area contributed by atoms with Gasteiger partial charge in [-0.15, -0.1) is 0 Å². The molecule has 2 rings (SSSR count). The monoisotopic (exact) mass is 284 g/mol.